The molecule has 0 saturated carbocycles. The second-order valence-electron chi connectivity index (χ2n) is 5.70. The Morgan fingerprint density at radius 2 is 2.22 bits per heavy atom. The summed E-state index contributed by atoms with van der Waals surface area (Å²) in [6.07, 6.45) is 4.48. The van der Waals surface area contributed by atoms with Crippen molar-refractivity contribution in [1.29, 1.82) is 0 Å². The summed E-state index contributed by atoms with van der Waals surface area (Å²) >= 11 is 0. The smallest absolute Gasteiger partial charge is 0.410 e. The Bertz CT molecular complexity index is 392. The molecule has 100 valence electrons. The molecule has 1 unspecified atom stereocenters. The molecule has 2 heterocycles. The molecule has 1 aliphatic heterocycles. The SMILES string of the molecule is CC(C)(C)OC(=O)N1CCCCC1c1ccco1. The van der Waals surface area contributed by atoms with Crippen LogP contribution in [0, 0.1) is 0 Å². The van der Waals surface area contributed by atoms with Crippen LogP contribution in [0.5, 0.6) is 0 Å². The highest BCUT2D eigenvalue weighted by atomic mass is 16.6. The highest BCUT2D eigenvalue weighted by molar-refractivity contribution is 5.68. The molecule has 1 aliphatic rings. The van der Waals surface area contributed by atoms with Crippen molar-refractivity contribution in [2.45, 2.75) is 51.7 Å². The fourth-order valence-electron chi connectivity index (χ4n) is 2.25. The molecule has 1 saturated heterocycles. The van der Waals surface area contributed by atoms with Gasteiger partial charge in [0.05, 0.1) is 12.3 Å². The van der Waals surface area contributed by atoms with Gasteiger partial charge in [-0.25, -0.2) is 4.79 Å². The van der Waals surface area contributed by atoms with E-state index in [2.05, 4.69) is 0 Å². The number of nitrogens with zero attached hydrogens (tertiary/aromatic N) is 1. The molecule has 0 N–H and O–H groups in total. The standard InChI is InChI=1S/C14H21NO3/c1-14(2,3)18-13(16)15-9-5-4-7-11(15)12-8-6-10-17-12/h6,8,10-11H,4-5,7,9H2,1-3H3. The molecule has 4 nitrogen and oxygen atoms in total. The first kappa shape index (κ1) is 13.0. The molecule has 1 aromatic heterocycles. The highest BCUT2D eigenvalue weighted by Gasteiger charge is 2.32. The van der Waals surface area contributed by atoms with Crippen molar-refractivity contribution in [1.82, 2.24) is 4.90 Å². The Morgan fingerprint density at radius 1 is 1.44 bits per heavy atom. The van der Waals surface area contributed by atoms with Crippen LogP contribution in [0.25, 0.3) is 0 Å². The first-order valence-corrected chi connectivity index (χ1v) is 6.50. The highest BCUT2D eigenvalue weighted by Crippen LogP contribution is 2.32. The zero-order chi connectivity index (χ0) is 13.2. The summed E-state index contributed by atoms with van der Waals surface area (Å²) < 4.78 is 10.9. The van der Waals surface area contributed by atoms with Crippen molar-refractivity contribution < 1.29 is 13.9 Å². The zero-order valence-electron chi connectivity index (χ0n) is 11.3. The zero-order valence-corrected chi connectivity index (χ0v) is 11.3. The maximum absolute atomic E-state index is 12.2. The Morgan fingerprint density at radius 3 is 2.83 bits per heavy atom. The van der Waals surface area contributed by atoms with Crippen molar-refractivity contribution >= 4 is 6.09 Å². The number of hydrogen-bond donors (Lipinski definition) is 0. The molecule has 2 rings (SSSR count). The number of amides is 1. The quantitative estimate of drug-likeness (QED) is 0.763. The summed E-state index contributed by atoms with van der Waals surface area (Å²) in [7, 11) is 0. The van der Waals surface area contributed by atoms with E-state index in [0.717, 1.165) is 31.6 Å². The molecule has 1 atom stereocenters. The fraction of sp³-hybridized carbons (Fsp3) is 0.643. The average molecular weight is 251 g/mol. The van der Waals surface area contributed by atoms with E-state index in [1.54, 1.807) is 11.2 Å². The molecule has 4 heteroatoms. The van der Waals surface area contributed by atoms with Gasteiger partial charge in [0.2, 0.25) is 0 Å². The largest absolute Gasteiger partial charge is 0.467 e. The second-order valence-corrected chi connectivity index (χ2v) is 5.70. The molecule has 0 radical (unpaired) electrons. The van der Waals surface area contributed by atoms with Crippen LogP contribution < -0.4 is 0 Å². The minimum atomic E-state index is -0.456. The van der Waals surface area contributed by atoms with Crippen LogP contribution in [0.4, 0.5) is 4.79 Å². The summed E-state index contributed by atoms with van der Waals surface area (Å²) in [4.78, 5) is 14.0. The maximum atomic E-state index is 12.2. The van der Waals surface area contributed by atoms with Crippen molar-refractivity contribution in [2.75, 3.05) is 6.54 Å². The lowest BCUT2D eigenvalue weighted by Crippen LogP contribution is -2.41. The summed E-state index contributed by atoms with van der Waals surface area (Å²) in [5.74, 6) is 0.848. The molecular formula is C14H21NO3. The van der Waals surface area contributed by atoms with E-state index in [1.165, 1.54) is 0 Å². The van der Waals surface area contributed by atoms with Crippen LogP contribution >= 0.6 is 0 Å². The lowest BCUT2D eigenvalue weighted by molar-refractivity contribution is 0.00684. The van der Waals surface area contributed by atoms with Gasteiger partial charge in [-0.3, -0.25) is 4.90 Å². The predicted molar refractivity (Wildman–Crippen MR) is 68.2 cm³/mol. The number of hydrogen-bond acceptors (Lipinski definition) is 3. The van der Waals surface area contributed by atoms with E-state index in [1.807, 2.05) is 32.9 Å². The first-order valence-electron chi connectivity index (χ1n) is 6.50. The molecular weight excluding hydrogens is 230 g/mol. The third-order valence-electron chi connectivity index (χ3n) is 3.00. The van der Waals surface area contributed by atoms with Crippen LogP contribution in [0.3, 0.4) is 0 Å². The van der Waals surface area contributed by atoms with E-state index in [-0.39, 0.29) is 12.1 Å². The van der Waals surface area contributed by atoms with Gasteiger partial charge in [-0.05, 0) is 52.2 Å². The average Bonchev–Trinajstić information content (AvgIpc) is 2.80. The van der Waals surface area contributed by atoms with Gasteiger partial charge in [-0.1, -0.05) is 0 Å². The number of rotatable bonds is 1. The molecule has 0 bridgehead atoms. The molecule has 18 heavy (non-hydrogen) atoms. The van der Waals surface area contributed by atoms with Gasteiger partial charge >= 0.3 is 6.09 Å². The number of ether oxygens (including phenoxy) is 1. The van der Waals surface area contributed by atoms with Crippen molar-refractivity contribution in [3.8, 4) is 0 Å². The fourth-order valence-corrected chi connectivity index (χ4v) is 2.25. The summed E-state index contributed by atoms with van der Waals surface area (Å²) in [6.45, 7) is 6.39. The first-order chi connectivity index (χ1) is 8.47. The molecule has 1 fully saturated rings. The lowest BCUT2D eigenvalue weighted by atomic mass is 10.0. The second kappa shape index (κ2) is 5.04. The van der Waals surface area contributed by atoms with Crippen molar-refractivity contribution in [3.63, 3.8) is 0 Å². The van der Waals surface area contributed by atoms with Gasteiger partial charge in [0.1, 0.15) is 11.4 Å². The van der Waals surface area contributed by atoms with Crippen LogP contribution in [0.1, 0.15) is 51.8 Å². The van der Waals surface area contributed by atoms with Crippen LogP contribution in [-0.2, 0) is 4.74 Å². The topological polar surface area (TPSA) is 42.7 Å². The molecule has 0 aliphatic carbocycles. The van der Waals surface area contributed by atoms with Gasteiger partial charge in [0, 0.05) is 6.54 Å². The van der Waals surface area contributed by atoms with Gasteiger partial charge in [-0.2, -0.15) is 0 Å². The Labute approximate surface area is 108 Å². The van der Waals surface area contributed by atoms with Crippen LogP contribution in [-0.4, -0.2) is 23.1 Å². The monoisotopic (exact) mass is 251 g/mol. The molecule has 0 aromatic carbocycles. The predicted octanol–water partition coefficient (Wildman–Crippen LogP) is 3.74. The number of likely N-dealkylation sites (tertiary alicyclic amines) is 1. The van der Waals surface area contributed by atoms with Crippen LogP contribution in [0.15, 0.2) is 22.8 Å². The minimum Gasteiger partial charge on any atom is -0.467 e. The normalized spacial score (nSPS) is 20.8. The third kappa shape index (κ3) is 3.06. The van der Waals surface area contributed by atoms with E-state index in [9.17, 15) is 4.79 Å². The number of piperidine rings is 1. The van der Waals surface area contributed by atoms with Gasteiger partial charge < -0.3 is 9.15 Å². The lowest BCUT2D eigenvalue weighted by Gasteiger charge is -2.35. The molecule has 1 aromatic rings. The summed E-state index contributed by atoms with van der Waals surface area (Å²) in [6, 6.07) is 3.80. The Balaban J connectivity index is 2.11. The van der Waals surface area contributed by atoms with E-state index < -0.39 is 5.60 Å². The van der Waals surface area contributed by atoms with Crippen LogP contribution in [0.2, 0.25) is 0 Å². The van der Waals surface area contributed by atoms with E-state index in [0.29, 0.717) is 0 Å². The molecule has 0 spiro atoms. The van der Waals surface area contributed by atoms with Crippen molar-refractivity contribution in [2.24, 2.45) is 0 Å². The molecule has 1 amide bonds. The number of carbonyl (C=O) groups is 1. The van der Waals surface area contributed by atoms with Crippen molar-refractivity contribution in [3.05, 3.63) is 24.2 Å². The van der Waals surface area contributed by atoms with E-state index >= 15 is 0 Å². The van der Waals surface area contributed by atoms with E-state index in [4.69, 9.17) is 9.15 Å². The summed E-state index contributed by atoms with van der Waals surface area (Å²) in [5, 5.41) is 0. The maximum Gasteiger partial charge on any atom is 0.410 e. The van der Waals surface area contributed by atoms with Gasteiger partial charge in [0.25, 0.3) is 0 Å². The minimum absolute atomic E-state index is 0.0172. The van der Waals surface area contributed by atoms with Gasteiger partial charge in [-0.15, -0.1) is 0 Å². The number of furan rings is 1. The summed E-state index contributed by atoms with van der Waals surface area (Å²) in [5.41, 5.74) is -0.456. The Hall–Kier alpha value is -1.45. The van der Waals surface area contributed by atoms with Gasteiger partial charge in [0.15, 0.2) is 0 Å². The third-order valence-corrected chi connectivity index (χ3v) is 3.00. The number of carbonyl (C=O) groups excluding carboxylic acids is 1. The Kier molecular flexibility index (Phi) is 3.64.